The predicted octanol–water partition coefficient (Wildman–Crippen LogP) is 1.83. The summed E-state index contributed by atoms with van der Waals surface area (Å²) < 4.78 is 36.3. The Morgan fingerprint density at radius 1 is 1.37 bits per heavy atom. The van der Waals surface area contributed by atoms with Crippen LogP contribution in [-0.4, -0.2) is 43.2 Å². The molecule has 5 nitrogen and oxygen atoms in total. The summed E-state index contributed by atoms with van der Waals surface area (Å²) in [5, 5.41) is 0. The molecule has 1 aromatic rings. The summed E-state index contributed by atoms with van der Waals surface area (Å²) in [5.74, 6) is 1.36. The van der Waals surface area contributed by atoms with Crippen molar-refractivity contribution in [3.05, 3.63) is 24.3 Å². The van der Waals surface area contributed by atoms with E-state index in [9.17, 15) is 8.42 Å². The topological polar surface area (TPSA) is 55.8 Å². The van der Waals surface area contributed by atoms with Gasteiger partial charge in [0.25, 0.3) is 0 Å². The molecule has 1 aromatic carbocycles. The molecule has 0 bridgehead atoms. The average molecular weight is 350 g/mol. The van der Waals surface area contributed by atoms with Gasteiger partial charge >= 0.3 is 0 Å². The molecule has 0 saturated carbocycles. The highest BCUT2D eigenvalue weighted by Gasteiger charge is 2.27. The normalized spacial score (nSPS) is 18.6. The quantitative estimate of drug-likeness (QED) is 0.761. The molecule has 0 radical (unpaired) electrons. The number of sulfonamides is 1. The van der Waals surface area contributed by atoms with Crippen LogP contribution in [0, 0.1) is 0 Å². The summed E-state index contributed by atoms with van der Waals surface area (Å²) in [6, 6.07) is 7.38. The van der Waals surface area contributed by atoms with E-state index in [1.54, 1.807) is 6.92 Å². The molecule has 7 heteroatoms. The van der Waals surface area contributed by atoms with Crippen molar-refractivity contribution < 1.29 is 17.9 Å². The highest BCUT2D eigenvalue weighted by atomic mass is 79.9. The Balaban J connectivity index is 2.06. The molecule has 1 heterocycles. The Morgan fingerprint density at radius 2 is 2.05 bits per heavy atom. The van der Waals surface area contributed by atoms with Crippen LogP contribution >= 0.6 is 15.9 Å². The maximum Gasteiger partial charge on any atom is 0.224 e. The molecule has 1 atom stereocenters. The Morgan fingerprint density at radius 3 is 2.68 bits per heavy atom. The number of alkyl halides is 1. The summed E-state index contributed by atoms with van der Waals surface area (Å²) in [6.45, 7) is 2.86. The van der Waals surface area contributed by atoms with Gasteiger partial charge in [-0.25, -0.2) is 8.42 Å². The van der Waals surface area contributed by atoms with E-state index in [2.05, 4.69) is 15.9 Å². The van der Waals surface area contributed by atoms with E-state index in [0.717, 1.165) is 0 Å². The van der Waals surface area contributed by atoms with Gasteiger partial charge in [0.2, 0.25) is 10.0 Å². The molecular weight excluding hydrogens is 334 g/mol. The zero-order valence-electron chi connectivity index (χ0n) is 10.6. The second kappa shape index (κ2) is 6.11. The molecule has 2 rings (SSSR count). The molecule has 1 aliphatic rings. The monoisotopic (exact) mass is 349 g/mol. The summed E-state index contributed by atoms with van der Waals surface area (Å²) in [6.07, 6.45) is -0.288. The minimum Gasteiger partial charge on any atom is -0.486 e. The fourth-order valence-electron chi connectivity index (χ4n) is 1.89. The van der Waals surface area contributed by atoms with Gasteiger partial charge in [-0.2, -0.15) is 4.31 Å². The molecule has 1 aliphatic heterocycles. The van der Waals surface area contributed by atoms with Gasteiger partial charge in [0.15, 0.2) is 11.5 Å². The molecule has 0 amide bonds. The van der Waals surface area contributed by atoms with E-state index in [1.165, 1.54) is 4.31 Å². The number of hydrogen-bond acceptors (Lipinski definition) is 4. The number of hydrogen-bond donors (Lipinski definition) is 0. The predicted molar refractivity (Wildman–Crippen MR) is 76.3 cm³/mol. The largest absolute Gasteiger partial charge is 0.486 e. The van der Waals surface area contributed by atoms with Gasteiger partial charge in [-0.15, -0.1) is 0 Å². The minimum atomic E-state index is -3.27. The lowest BCUT2D eigenvalue weighted by Crippen LogP contribution is -2.43. The van der Waals surface area contributed by atoms with E-state index in [4.69, 9.17) is 9.47 Å². The molecule has 106 valence electrons. The lowest BCUT2D eigenvalue weighted by molar-refractivity contribution is 0.0772. The van der Waals surface area contributed by atoms with Gasteiger partial charge in [-0.3, -0.25) is 0 Å². The first-order chi connectivity index (χ1) is 9.06. The zero-order chi connectivity index (χ0) is 13.9. The number of likely N-dealkylation sites (N-methyl/N-ethyl adjacent to an activating group) is 1. The maximum atomic E-state index is 11.8. The van der Waals surface area contributed by atoms with Crippen LogP contribution in [0.15, 0.2) is 24.3 Å². The van der Waals surface area contributed by atoms with Crippen molar-refractivity contribution in [1.29, 1.82) is 0 Å². The van der Waals surface area contributed by atoms with Crippen LogP contribution in [0.25, 0.3) is 0 Å². The van der Waals surface area contributed by atoms with Gasteiger partial charge in [0.1, 0.15) is 17.4 Å². The molecule has 0 saturated heterocycles. The van der Waals surface area contributed by atoms with Crippen molar-refractivity contribution in [3.8, 4) is 11.5 Å². The second-order valence-electron chi connectivity index (χ2n) is 4.17. The van der Waals surface area contributed by atoms with Crippen molar-refractivity contribution in [2.45, 2.75) is 13.0 Å². The van der Waals surface area contributed by atoms with Crippen molar-refractivity contribution >= 4 is 26.0 Å². The molecule has 1 unspecified atom stereocenters. The molecule has 0 N–H and O–H groups in total. The molecule has 19 heavy (non-hydrogen) atoms. The van der Waals surface area contributed by atoms with Crippen LogP contribution in [-0.2, 0) is 10.0 Å². The third-order valence-electron chi connectivity index (χ3n) is 2.86. The summed E-state index contributed by atoms with van der Waals surface area (Å²) in [4.78, 5) is 0. The fraction of sp³-hybridized carbons (Fsp3) is 0.500. The Bertz CT molecular complexity index is 534. The first-order valence-corrected chi connectivity index (χ1v) is 8.72. The molecule has 0 aliphatic carbocycles. The number of fused-ring (bicyclic) bond motifs is 1. The molecular formula is C12H16BrNO4S. The number of nitrogens with zero attached hydrogens (tertiary/aromatic N) is 1. The van der Waals surface area contributed by atoms with E-state index in [0.29, 0.717) is 31.2 Å². The standard InChI is InChI=1S/C12H16BrNO4S/c1-2-14(19(15,16)9-13)7-10-8-17-11-5-3-4-6-12(11)18-10/h3-6,10H,2,7-9H2,1H3. The van der Waals surface area contributed by atoms with E-state index in [-0.39, 0.29) is 10.8 Å². The molecule has 0 fully saturated rings. The average Bonchev–Trinajstić information content (AvgIpc) is 2.44. The highest BCUT2D eigenvalue weighted by molar-refractivity contribution is 9.10. The lowest BCUT2D eigenvalue weighted by atomic mass is 10.2. The summed E-state index contributed by atoms with van der Waals surface area (Å²) in [7, 11) is -3.27. The second-order valence-corrected chi connectivity index (χ2v) is 7.44. The number of benzene rings is 1. The molecule has 0 spiro atoms. The van der Waals surface area contributed by atoms with Crippen molar-refractivity contribution in [3.63, 3.8) is 0 Å². The van der Waals surface area contributed by atoms with Gasteiger partial charge < -0.3 is 9.47 Å². The lowest BCUT2D eigenvalue weighted by Gasteiger charge is -2.30. The van der Waals surface area contributed by atoms with Crippen LogP contribution in [0.5, 0.6) is 11.5 Å². The van der Waals surface area contributed by atoms with Gasteiger partial charge in [0.05, 0.1) is 6.54 Å². The maximum absolute atomic E-state index is 11.8. The minimum absolute atomic E-state index is 0.0853. The molecule has 0 aromatic heterocycles. The Hall–Kier alpha value is -0.790. The number of para-hydroxylation sites is 2. The number of ether oxygens (including phenoxy) is 2. The fourth-order valence-corrected chi connectivity index (χ4v) is 3.68. The van der Waals surface area contributed by atoms with Crippen LogP contribution in [0.3, 0.4) is 0 Å². The Labute approximate surface area is 121 Å². The first-order valence-electron chi connectivity index (χ1n) is 5.99. The zero-order valence-corrected chi connectivity index (χ0v) is 13.0. The first kappa shape index (κ1) is 14.6. The van der Waals surface area contributed by atoms with Gasteiger partial charge in [-0.05, 0) is 12.1 Å². The summed E-state index contributed by atoms with van der Waals surface area (Å²) >= 11 is 3.00. The number of halogens is 1. The van der Waals surface area contributed by atoms with E-state index < -0.39 is 10.0 Å². The van der Waals surface area contributed by atoms with Gasteiger partial charge in [-0.1, -0.05) is 35.0 Å². The smallest absolute Gasteiger partial charge is 0.224 e. The van der Waals surface area contributed by atoms with Crippen LogP contribution in [0.4, 0.5) is 0 Å². The van der Waals surface area contributed by atoms with Gasteiger partial charge in [0, 0.05) is 6.54 Å². The third-order valence-corrected chi connectivity index (χ3v) is 6.06. The Kier molecular flexibility index (Phi) is 4.70. The highest BCUT2D eigenvalue weighted by Crippen LogP contribution is 2.31. The van der Waals surface area contributed by atoms with Crippen LogP contribution in [0.1, 0.15) is 6.92 Å². The number of rotatable bonds is 5. The van der Waals surface area contributed by atoms with Crippen LogP contribution < -0.4 is 9.47 Å². The van der Waals surface area contributed by atoms with Crippen molar-refractivity contribution in [2.24, 2.45) is 0 Å². The van der Waals surface area contributed by atoms with Crippen molar-refractivity contribution in [2.75, 3.05) is 24.4 Å². The SMILES string of the molecule is CCN(CC1COc2ccccc2O1)S(=O)(=O)CBr. The van der Waals surface area contributed by atoms with Crippen molar-refractivity contribution in [1.82, 2.24) is 4.31 Å². The third kappa shape index (κ3) is 3.40. The summed E-state index contributed by atoms with van der Waals surface area (Å²) in [5.41, 5.74) is 0. The van der Waals surface area contributed by atoms with E-state index in [1.807, 2.05) is 24.3 Å². The van der Waals surface area contributed by atoms with E-state index >= 15 is 0 Å². The van der Waals surface area contributed by atoms with Crippen LogP contribution in [0.2, 0.25) is 0 Å².